The summed E-state index contributed by atoms with van der Waals surface area (Å²) in [4.78, 5) is 9.00. The molecular weight excluding hydrogens is 537 g/mol. The molecule has 0 aromatic heterocycles. The number of hydrogen-bond acceptors (Lipinski definition) is 1. The average molecular weight is 565 g/mol. The van der Waals surface area contributed by atoms with Crippen LogP contribution in [0, 0.1) is 0 Å². The fourth-order valence-corrected chi connectivity index (χ4v) is 10.5. The topological polar surface area (TPSA) is 37.3 Å². The van der Waals surface area contributed by atoms with E-state index in [1.165, 1.54) is 21.2 Å². The molecule has 0 atom stereocenters. The summed E-state index contributed by atoms with van der Waals surface area (Å²) in [5.41, 5.74) is 0. The Morgan fingerprint density at radius 1 is 0.576 bits per heavy atom. The van der Waals surface area contributed by atoms with E-state index in [1.807, 2.05) is 0 Å². The van der Waals surface area contributed by atoms with E-state index in [9.17, 15) is 0 Å². The van der Waals surface area contributed by atoms with Gasteiger partial charge in [-0.05, 0) is 37.1 Å². The number of carbonyl (C=O) groups is 1. The van der Waals surface area contributed by atoms with Crippen molar-refractivity contribution in [3.05, 3.63) is 121 Å². The summed E-state index contributed by atoms with van der Waals surface area (Å²) in [5.74, 6) is -0.833. The van der Waals surface area contributed by atoms with Crippen molar-refractivity contribution in [3.63, 3.8) is 0 Å². The van der Waals surface area contributed by atoms with Crippen molar-refractivity contribution in [2.75, 3.05) is 0 Å². The predicted octanol–water partition coefficient (Wildman–Crippen LogP) is 5.69. The second kappa shape index (κ2) is 14.2. The van der Waals surface area contributed by atoms with Crippen molar-refractivity contribution < 1.29 is 30.3 Å². The number of benzene rings is 4. The first-order chi connectivity index (χ1) is 15.6. The molecule has 0 saturated carbocycles. The summed E-state index contributed by atoms with van der Waals surface area (Å²) in [7, 11) is -0.940. The monoisotopic (exact) mass is 564 g/mol. The van der Waals surface area contributed by atoms with Crippen molar-refractivity contribution in [2.45, 2.75) is 19.2 Å². The van der Waals surface area contributed by atoms with Gasteiger partial charge in [0, 0.05) is 32.7 Å². The average Bonchev–Trinajstić information content (AvgIpc) is 2.82. The van der Waals surface area contributed by atoms with Gasteiger partial charge in [0.1, 0.15) is 0 Å². The Bertz CT molecular complexity index is 912. The van der Waals surface area contributed by atoms with E-state index in [0.29, 0.717) is 5.40 Å². The van der Waals surface area contributed by atoms with Crippen LogP contribution in [0.4, 0.5) is 0 Å². The molecule has 0 unspecified atom stereocenters. The largest absolute Gasteiger partial charge is 0.481 e. The molecule has 0 aliphatic rings. The molecule has 33 heavy (non-hydrogen) atoms. The molecule has 0 amide bonds. The molecule has 0 heterocycles. The number of aliphatic carboxylic acids is 1. The summed E-state index contributed by atoms with van der Waals surface area (Å²) in [6, 6.07) is 44.3. The van der Waals surface area contributed by atoms with Gasteiger partial charge in [0.2, 0.25) is 0 Å². The van der Waals surface area contributed by atoms with E-state index in [0.717, 1.165) is 6.92 Å². The molecule has 0 saturated heterocycles. The van der Waals surface area contributed by atoms with Gasteiger partial charge in [0.15, 0.2) is 0 Å². The second-order valence-corrected chi connectivity index (χ2v) is 12.7. The van der Waals surface area contributed by atoms with Gasteiger partial charge in [-0.3, -0.25) is 4.79 Å². The normalized spacial score (nSPS) is 10.3. The van der Waals surface area contributed by atoms with Crippen LogP contribution in [0.3, 0.4) is 0 Å². The van der Waals surface area contributed by atoms with Crippen LogP contribution in [0.25, 0.3) is 0 Å². The molecule has 0 fully saturated rings. The van der Waals surface area contributed by atoms with Crippen molar-refractivity contribution in [1.29, 1.82) is 0 Å². The Labute approximate surface area is 213 Å². The van der Waals surface area contributed by atoms with Crippen molar-refractivity contribution >= 4 is 43.0 Å². The SMILES string of the molecule is CC(=O)O.CC(P(c1ccccc1)c1ccccc1)P(c1ccccc1)c1ccccc1.[Pd]. The molecule has 172 valence electrons. The van der Waals surface area contributed by atoms with Crippen LogP contribution in [-0.4, -0.2) is 16.5 Å². The molecule has 5 heteroatoms. The Morgan fingerprint density at radius 2 is 0.758 bits per heavy atom. The van der Waals surface area contributed by atoms with Crippen LogP contribution in [0.15, 0.2) is 121 Å². The molecule has 0 radical (unpaired) electrons. The van der Waals surface area contributed by atoms with Crippen LogP contribution in [0.2, 0.25) is 0 Å². The zero-order valence-electron chi connectivity index (χ0n) is 18.7. The van der Waals surface area contributed by atoms with Gasteiger partial charge >= 0.3 is 0 Å². The number of carboxylic acid groups (broad SMARTS) is 1. The maximum absolute atomic E-state index is 9.00. The quantitative estimate of drug-likeness (QED) is 0.241. The number of rotatable bonds is 6. The van der Waals surface area contributed by atoms with Crippen LogP contribution >= 0.6 is 15.8 Å². The Hall–Kier alpha value is -2.13. The van der Waals surface area contributed by atoms with E-state index in [-0.39, 0.29) is 20.4 Å². The van der Waals surface area contributed by atoms with E-state index in [4.69, 9.17) is 9.90 Å². The van der Waals surface area contributed by atoms with Crippen LogP contribution in [0.1, 0.15) is 13.8 Å². The number of carboxylic acids is 1. The molecule has 4 aromatic rings. The maximum atomic E-state index is 9.00. The van der Waals surface area contributed by atoms with Gasteiger partial charge in [0.05, 0.1) is 0 Å². The van der Waals surface area contributed by atoms with E-state index in [1.54, 1.807) is 0 Å². The molecule has 4 rings (SSSR count). The summed E-state index contributed by atoms with van der Waals surface area (Å²) in [6.07, 6.45) is 0. The zero-order chi connectivity index (χ0) is 22.8. The third kappa shape index (κ3) is 8.00. The zero-order valence-corrected chi connectivity index (χ0v) is 22.0. The molecule has 1 N–H and O–H groups in total. The second-order valence-electron chi connectivity index (χ2n) is 7.23. The van der Waals surface area contributed by atoms with E-state index >= 15 is 0 Å². The molecule has 0 bridgehead atoms. The van der Waals surface area contributed by atoms with E-state index < -0.39 is 21.8 Å². The van der Waals surface area contributed by atoms with Gasteiger partial charge in [-0.15, -0.1) is 0 Å². The minimum atomic E-state index is -0.833. The fraction of sp³-hybridized carbons (Fsp3) is 0.107. The minimum absolute atomic E-state index is 0. The molecule has 0 aliphatic carbocycles. The van der Waals surface area contributed by atoms with E-state index in [2.05, 4.69) is 128 Å². The van der Waals surface area contributed by atoms with Gasteiger partial charge < -0.3 is 5.11 Å². The first kappa shape index (κ1) is 27.1. The van der Waals surface area contributed by atoms with Gasteiger partial charge in [-0.1, -0.05) is 128 Å². The van der Waals surface area contributed by atoms with Gasteiger partial charge in [-0.25, -0.2) is 0 Å². The third-order valence-corrected chi connectivity index (χ3v) is 11.2. The fourth-order valence-electron chi connectivity index (χ4n) is 3.63. The Kier molecular flexibility index (Phi) is 11.7. The first-order valence-electron chi connectivity index (χ1n) is 10.6. The van der Waals surface area contributed by atoms with Gasteiger partial charge in [0.25, 0.3) is 5.97 Å². The van der Waals surface area contributed by atoms with Crippen LogP contribution in [0.5, 0.6) is 0 Å². The Morgan fingerprint density at radius 3 is 0.939 bits per heavy atom. The first-order valence-corrected chi connectivity index (χ1v) is 13.4. The van der Waals surface area contributed by atoms with Gasteiger partial charge in [-0.2, -0.15) is 0 Å². The summed E-state index contributed by atoms with van der Waals surface area (Å²) < 4.78 is 0. The smallest absolute Gasteiger partial charge is 0.300 e. The maximum Gasteiger partial charge on any atom is 0.300 e. The Balaban J connectivity index is 0.000000714. The molecule has 2 nitrogen and oxygen atoms in total. The van der Waals surface area contributed by atoms with Crippen molar-refractivity contribution in [2.24, 2.45) is 0 Å². The molecule has 4 aromatic carbocycles. The summed E-state index contributed by atoms with van der Waals surface area (Å²) >= 11 is 0. The third-order valence-electron chi connectivity index (χ3n) is 4.88. The molecular formula is C28H28O2P2Pd. The standard InChI is InChI=1S/C26H24P2.C2H4O2.Pd/c1-22(27(23-14-6-2-7-15-23)24-16-8-3-9-17-24)28(25-18-10-4-11-19-25)26-20-12-5-13-21-26;1-2(3)4;/h2-22H,1H3;1H3,(H,3,4);. The minimum Gasteiger partial charge on any atom is -0.481 e. The van der Waals surface area contributed by atoms with Crippen LogP contribution in [-0.2, 0) is 25.2 Å². The number of hydrogen-bond donors (Lipinski definition) is 1. The molecule has 0 aliphatic heterocycles. The van der Waals surface area contributed by atoms with Crippen LogP contribution < -0.4 is 21.2 Å². The summed E-state index contributed by atoms with van der Waals surface area (Å²) in [6.45, 7) is 3.54. The molecule has 0 spiro atoms. The van der Waals surface area contributed by atoms with Crippen molar-refractivity contribution in [3.8, 4) is 0 Å². The predicted molar refractivity (Wildman–Crippen MR) is 141 cm³/mol. The summed E-state index contributed by atoms with van der Waals surface area (Å²) in [5, 5.41) is 13.8. The van der Waals surface area contributed by atoms with Crippen molar-refractivity contribution in [1.82, 2.24) is 0 Å².